The molecule has 1 aliphatic rings. The monoisotopic (exact) mass is 1600 g/mol. The number of carbonyl (C=O) groups excluding carboxylic acids is 3. The molecule has 572 valence electrons. The maximum atomic E-state index is 13.9. The van der Waals surface area contributed by atoms with Crippen LogP contribution in [0.3, 0.4) is 0 Å². The summed E-state index contributed by atoms with van der Waals surface area (Å²) in [7, 11) is 0. The van der Waals surface area contributed by atoms with Crippen LogP contribution in [0.25, 0.3) is 40.7 Å². The van der Waals surface area contributed by atoms with Crippen molar-refractivity contribution in [2.45, 2.75) is 183 Å². The summed E-state index contributed by atoms with van der Waals surface area (Å²) in [6.07, 6.45) is 13.0. The number of aromatic nitrogens is 10. The number of aldehydes is 1. The Morgan fingerprint density at radius 3 is 1.11 bits per heavy atom. The molecular formula is C77H85BrF3N11O13S3. The van der Waals surface area contributed by atoms with Crippen molar-refractivity contribution in [2.24, 2.45) is 4.99 Å². The average molecular weight is 1610 g/mol. The number of hydrogen-bond donors (Lipinski definition) is 1. The van der Waals surface area contributed by atoms with Gasteiger partial charge in [-0.1, -0.05) is 120 Å². The lowest BCUT2D eigenvalue weighted by Gasteiger charge is -2.30. The van der Waals surface area contributed by atoms with Crippen LogP contribution in [-0.2, 0) is 84.2 Å². The molecule has 3 aromatic carbocycles. The summed E-state index contributed by atoms with van der Waals surface area (Å²) in [5.74, 6) is -2.51. The van der Waals surface area contributed by atoms with Crippen LogP contribution in [-0.4, -0.2) is 99.4 Å². The van der Waals surface area contributed by atoms with Gasteiger partial charge in [0.05, 0.1) is 32.6 Å². The second kappa shape index (κ2) is 33.9. The minimum atomic E-state index is -4.64. The number of ether oxygens (including phenoxy) is 2. The maximum absolute atomic E-state index is 13.9. The van der Waals surface area contributed by atoms with Crippen LogP contribution in [0.5, 0.6) is 0 Å². The van der Waals surface area contributed by atoms with Gasteiger partial charge in [-0.3, -0.25) is 47.0 Å². The molecule has 0 bridgehead atoms. The highest BCUT2D eigenvalue weighted by Gasteiger charge is 2.41. The van der Waals surface area contributed by atoms with Crippen LogP contribution >= 0.6 is 49.9 Å². The van der Waals surface area contributed by atoms with E-state index in [9.17, 15) is 61.4 Å². The van der Waals surface area contributed by atoms with Crippen LogP contribution in [0.4, 0.5) is 13.2 Å². The maximum Gasteiger partial charge on any atom is 0.446 e. The smallest absolute Gasteiger partial charge is 0.446 e. The first-order chi connectivity index (χ1) is 50.5. The first-order valence-corrected chi connectivity index (χ1v) is 37.3. The Kier molecular flexibility index (Phi) is 26.2. The highest BCUT2D eigenvalue weighted by Crippen LogP contribution is 2.36. The molecular weight excluding hydrogens is 1520 g/mol. The zero-order chi connectivity index (χ0) is 79.8. The first kappa shape index (κ1) is 83.4. The molecule has 108 heavy (non-hydrogen) atoms. The van der Waals surface area contributed by atoms with Crippen LogP contribution in [0.2, 0.25) is 0 Å². The quantitative estimate of drug-likeness (QED) is 0.0655. The van der Waals surface area contributed by atoms with Gasteiger partial charge < -0.3 is 14.6 Å². The Hall–Kier alpha value is -10.2. The number of allylic oxidation sites excluding steroid dienone is 1. The van der Waals surface area contributed by atoms with Crippen molar-refractivity contribution in [2.75, 3.05) is 0 Å². The standard InChI is InChI=1S/C26H30N4O4S.C23H27BrN2O4S.C22H22N4O4S.C4H5N.C2HF3O/c1-17-19-20(31)30(26(5,6)23(32)34-25(2,3)4)24(33)29(14-12-18-10-8-7-9-11-18)22(19)35-21(17)28-15-13-27-16-28;1-14-16-18(27)26(23(5,6)20(28)30-22(2,3)4)21(29)25(19(16)31-17(14)24)13-12-15-10-8-7-9-11-15;1-14-16-17(27)26(22(2,3)20(28)29)21(30)25(11-9-15-7-5-4-6-8-15)19(16)31-18(14)24-12-10-23-13-24;1-2-4-5-3-1;3-2(4,5)1-6/h7-11,13,15-16H,12,14H2,1-6H3;7-11H,12-13H2,1-6H3;4-8,10,12-13H,9,11H2,1-3H3,(H,28,29);1,3-4H,2H2;1H. The van der Waals surface area contributed by atoms with E-state index in [4.69, 9.17) is 14.3 Å². The second-order valence-corrected chi connectivity index (χ2v) is 32.8. The molecule has 1 N–H and O–H groups in total. The van der Waals surface area contributed by atoms with Gasteiger partial charge in [-0.2, -0.15) is 13.2 Å². The molecule has 1 aliphatic heterocycles. The molecule has 24 nitrogen and oxygen atoms in total. The summed E-state index contributed by atoms with van der Waals surface area (Å²) in [4.78, 5) is 142. The molecule has 8 aromatic heterocycles. The number of thiophene rings is 3. The summed E-state index contributed by atoms with van der Waals surface area (Å²) in [5, 5.41) is 12.5. The summed E-state index contributed by atoms with van der Waals surface area (Å²) in [6, 6.07) is 29.4. The Morgan fingerprint density at radius 2 is 0.843 bits per heavy atom. The third-order valence-electron chi connectivity index (χ3n) is 17.1. The number of alkyl halides is 3. The zero-order valence-corrected chi connectivity index (χ0v) is 66.4. The van der Waals surface area contributed by atoms with Crippen LogP contribution in [0, 0.1) is 20.8 Å². The Balaban J connectivity index is 0.000000190. The normalized spacial score (nSPS) is 12.4. The third kappa shape index (κ3) is 19.0. The number of aryl methyl sites for hydroxylation is 9. The number of carboxylic acid groups (broad SMARTS) is 1. The van der Waals surface area contributed by atoms with E-state index >= 15 is 0 Å². The van der Waals surface area contributed by atoms with Gasteiger partial charge in [0.25, 0.3) is 16.7 Å². The molecule has 12 rings (SSSR count). The van der Waals surface area contributed by atoms with Crippen molar-refractivity contribution < 1.29 is 46.9 Å². The summed E-state index contributed by atoms with van der Waals surface area (Å²) in [6.45, 7) is 26.0. The number of rotatable bonds is 17. The van der Waals surface area contributed by atoms with Gasteiger partial charge in [0.15, 0.2) is 0 Å². The fourth-order valence-electron chi connectivity index (χ4n) is 11.4. The Morgan fingerprint density at radius 1 is 0.519 bits per heavy atom. The topological polar surface area (TPSA) is 287 Å². The zero-order valence-electron chi connectivity index (χ0n) is 62.4. The van der Waals surface area contributed by atoms with Gasteiger partial charge in [0, 0.05) is 63.3 Å². The molecule has 0 radical (unpaired) electrons. The number of aliphatic imine (C=N–C) groups is 1. The van der Waals surface area contributed by atoms with Crippen LogP contribution in [0.15, 0.2) is 178 Å². The van der Waals surface area contributed by atoms with E-state index in [1.54, 1.807) is 134 Å². The Labute approximate surface area is 639 Å². The van der Waals surface area contributed by atoms with Crippen LogP contribution in [0.1, 0.15) is 123 Å². The molecule has 0 saturated carbocycles. The fraction of sp³-hybridized carbons (Fsp3) is 0.364. The minimum Gasteiger partial charge on any atom is -0.480 e. The van der Waals surface area contributed by atoms with Crippen molar-refractivity contribution in [3.05, 3.63) is 240 Å². The van der Waals surface area contributed by atoms with Crippen molar-refractivity contribution in [1.29, 1.82) is 0 Å². The number of imidazole rings is 2. The number of hydrogen-bond acceptors (Lipinski definition) is 18. The SMILES string of the molecule is C1=CN=CC1.Cc1c(-n2ccnc2)sc2c1c(=O)n(C(C)(C)C(=O)O)c(=O)n2CCc1ccccc1.Cc1c(-n2ccnc2)sc2c1c(=O)n(C(C)(C)C(=O)OC(C)(C)C)c(=O)n2CCc1ccccc1.Cc1c(Br)sc2c1c(=O)n(C(C)(C)C(=O)OC(C)(C)C)c(=O)n2CCc1ccccc1.O=CC(F)(F)F. The van der Waals surface area contributed by atoms with Crippen molar-refractivity contribution in [3.63, 3.8) is 0 Å². The molecule has 0 amide bonds. The van der Waals surface area contributed by atoms with E-state index in [0.29, 0.717) is 75.1 Å². The number of aliphatic carboxylic acids is 1. The second-order valence-electron chi connectivity index (χ2n) is 28.6. The van der Waals surface area contributed by atoms with Gasteiger partial charge in [-0.25, -0.2) is 52.4 Å². The first-order valence-electron chi connectivity index (χ1n) is 34.1. The van der Waals surface area contributed by atoms with E-state index in [-0.39, 0.29) is 0 Å². The fourth-order valence-corrected chi connectivity index (χ4v) is 15.6. The molecule has 0 spiro atoms. The number of esters is 2. The van der Waals surface area contributed by atoms with Crippen molar-refractivity contribution in [1.82, 2.24) is 46.5 Å². The lowest BCUT2D eigenvalue weighted by Crippen LogP contribution is -2.54. The largest absolute Gasteiger partial charge is 0.480 e. The van der Waals surface area contributed by atoms with Gasteiger partial charge in [-0.15, -0.1) is 11.3 Å². The Bertz CT molecular complexity index is 5520. The van der Waals surface area contributed by atoms with E-state index in [0.717, 1.165) is 61.7 Å². The van der Waals surface area contributed by atoms with E-state index in [2.05, 4.69) is 30.9 Å². The number of carbonyl (C=O) groups is 4. The molecule has 11 aromatic rings. The van der Waals surface area contributed by atoms with Crippen LogP contribution < -0.4 is 33.7 Å². The molecule has 9 heterocycles. The summed E-state index contributed by atoms with van der Waals surface area (Å²) >= 11 is 7.55. The number of fused-ring (bicyclic) bond motifs is 3. The number of halogens is 4. The highest BCUT2D eigenvalue weighted by molar-refractivity contribution is 9.11. The molecule has 0 fully saturated rings. The lowest BCUT2D eigenvalue weighted by atomic mass is 10.0. The summed E-state index contributed by atoms with van der Waals surface area (Å²) in [5.41, 5.74) is -4.05. The number of carboxylic acids is 1. The van der Waals surface area contributed by atoms with Gasteiger partial charge in [-0.05, 0) is 172 Å². The van der Waals surface area contributed by atoms with E-state index in [1.165, 1.54) is 52.4 Å². The summed E-state index contributed by atoms with van der Waals surface area (Å²) < 4.78 is 54.4. The molecule has 0 unspecified atom stereocenters. The molecule has 0 atom stereocenters. The van der Waals surface area contributed by atoms with Crippen molar-refractivity contribution in [3.8, 4) is 10.0 Å². The lowest BCUT2D eigenvalue weighted by molar-refractivity contribution is -0.165. The third-order valence-corrected chi connectivity index (χ3v) is 21.9. The number of nitrogens with zero attached hydrogens (tertiary/aromatic N) is 11. The van der Waals surface area contributed by atoms with Gasteiger partial charge in [0.2, 0.25) is 6.29 Å². The van der Waals surface area contributed by atoms with Crippen molar-refractivity contribution >= 4 is 111 Å². The molecule has 31 heteroatoms. The van der Waals surface area contributed by atoms with E-state index < -0.39 is 91.9 Å². The highest BCUT2D eigenvalue weighted by atomic mass is 79.9. The predicted molar refractivity (Wildman–Crippen MR) is 419 cm³/mol. The minimum absolute atomic E-state index is 0.318. The molecule has 0 saturated heterocycles. The van der Waals surface area contributed by atoms with Gasteiger partial charge in [0.1, 0.15) is 52.3 Å². The van der Waals surface area contributed by atoms with Gasteiger partial charge >= 0.3 is 41.2 Å². The predicted octanol–water partition coefficient (Wildman–Crippen LogP) is 13.2. The van der Waals surface area contributed by atoms with E-state index in [1.807, 2.05) is 122 Å². The number of benzene rings is 3. The average Bonchev–Trinajstić information content (AvgIpc) is 1.56. The molecule has 0 aliphatic carbocycles.